The Morgan fingerprint density at radius 2 is 2.00 bits per heavy atom. The fraction of sp³-hybridized carbons (Fsp3) is 0.300. The fourth-order valence-electron chi connectivity index (χ4n) is 1.49. The Morgan fingerprint density at radius 3 is 2.67 bits per heavy atom. The predicted octanol–water partition coefficient (Wildman–Crippen LogP) is 1.06. The van der Waals surface area contributed by atoms with E-state index in [4.69, 9.17) is 0 Å². The molecule has 0 aliphatic rings. The van der Waals surface area contributed by atoms with Crippen LogP contribution in [0.5, 0.6) is 0 Å². The van der Waals surface area contributed by atoms with E-state index in [1.165, 1.54) is 11.9 Å². The lowest BCUT2D eigenvalue weighted by molar-refractivity contribution is 0.0602. The first kappa shape index (κ1) is 9.64. The van der Waals surface area contributed by atoms with Crippen molar-refractivity contribution in [1.29, 1.82) is 0 Å². The molecule has 0 N–H and O–H groups in total. The maximum absolute atomic E-state index is 11.4. The second kappa shape index (κ2) is 3.34. The minimum absolute atomic E-state index is 0.388. The highest BCUT2D eigenvalue weighted by Crippen LogP contribution is 2.19. The number of carbonyl (C=O) groups is 1. The molecular weight excluding hydrogens is 194 g/mol. The largest absolute Gasteiger partial charge is 0.465 e. The SMILES string of the molecule is COC(=O)c1ccc(C)c2nn(C)nc12. The van der Waals surface area contributed by atoms with Gasteiger partial charge in [-0.2, -0.15) is 15.0 Å². The third-order valence-corrected chi connectivity index (χ3v) is 2.25. The quantitative estimate of drug-likeness (QED) is 0.653. The second-order valence-electron chi connectivity index (χ2n) is 3.31. The Hall–Kier alpha value is -1.91. The Labute approximate surface area is 86.6 Å². The van der Waals surface area contributed by atoms with Crippen LogP contribution < -0.4 is 0 Å². The van der Waals surface area contributed by atoms with Gasteiger partial charge in [0.15, 0.2) is 0 Å². The lowest BCUT2D eigenvalue weighted by Crippen LogP contribution is -2.02. The first-order valence-corrected chi connectivity index (χ1v) is 4.52. The van der Waals surface area contributed by atoms with E-state index >= 15 is 0 Å². The molecule has 15 heavy (non-hydrogen) atoms. The average Bonchev–Trinajstić information content (AvgIpc) is 2.60. The standard InChI is InChI=1S/C10H11N3O2/c1-6-4-5-7(10(14)15-3)9-8(6)11-13(2)12-9/h4-5H,1-3H3. The monoisotopic (exact) mass is 205 g/mol. The van der Waals surface area contributed by atoms with Gasteiger partial charge in [0.1, 0.15) is 11.0 Å². The number of hydrogen-bond donors (Lipinski definition) is 0. The van der Waals surface area contributed by atoms with Crippen molar-refractivity contribution >= 4 is 17.0 Å². The minimum atomic E-state index is -0.388. The molecule has 1 heterocycles. The highest BCUT2D eigenvalue weighted by molar-refractivity contribution is 6.02. The van der Waals surface area contributed by atoms with E-state index in [1.54, 1.807) is 13.1 Å². The molecule has 1 aromatic heterocycles. The highest BCUT2D eigenvalue weighted by Gasteiger charge is 2.15. The number of rotatable bonds is 1. The van der Waals surface area contributed by atoms with Gasteiger partial charge in [-0.15, -0.1) is 0 Å². The summed E-state index contributed by atoms with van der Waals surface area (Å²) in [4.78, 5) is 12.9. The van der Waals surface area contributed by atoms with Crippen molar-refractivity contribution in [2.75, 3.05) is 7.11 Å². The molecule has 0 fully saturated rings. The van der Waals surface area contributed by atoms with Gasteiger partial charge in [-0.3, -0.25) is 0 Å². The zero-order chi connectivity index (χ0) is 11.0. The number of nitrogens with zero attached hydrogens (tertiary/aromatic N) is 3. The van der Waals surface area contributed by atoms with Crippen LogP contribution in [-0.4, -0.2) is 28.1 Å². The Kier molecular flexibility index (Phi) is 2.15. The molecule has 0 atom stereocenters. The molecule has 0 aliphatic carbocycles. The van der Waals surface area contributed by atoms with Crippen LogP contribution in [-0.2, 0) is 11.8 Å². The summed E-state index contributed by atoms with van der Waals surface area (Å²) in [5, 5.41) is 8.34. The van der Waals surface area contributed by atoms with Crippen molar-refractivity contribution in [3.05, 3.63) is 23.3 Å². The van der Waals surface area contributed by atoms with E-state index in [9.17, 15) is 4.79 Å². The van der Waals surface area contributed by atoms with Crippen LogP contribution in [0, 0.1) is 6.92 Å². The molecular formula is C10H11N3O2. The second-order valence-corrected chi connectivity index (χ2v) is 3.31. The number of ether oxygens (including phenoxy) is 1. The van der Waals surface area contributed by atoms with Gasteiger partial charge in [-0.25, -0.2) is 4.79 Å². The molecule has 0 radical (unpaired) electrons. The molecule has 5 nitrogen and oxygen atoms in total. The number of fused-ring (bicyclic) bond motifs is 1. The summed E-state index contributed by atoms with van der Waals surface area (Å²) < 4.78 is 4.68. The normalized spacial score (nSPS) is 10.6. The van der Waals surface area contributed by atoms with Crippen molar-refractivity contribution in [1.82, 2.24) is 15.0 Å². The summed E-state index contributed by atoms with van der Waals surface area (Å²) in [6.07, 6.45) is 0. The molecule has 2 aromatic rings. The van der Waals surface area contributed by atoms with Crippen molar-refractivity contribution < 1.29 is 9.53 Å². The minimum Gasteiger partial charge on any atom is -0.465 e. The molecule has 1 aromatic carbocycles. The van der Waals surface area contributed by atoms with Crippen molar-refractivity contribution in [2.24, 2.45) is 7.05 Å². The number of methoxy groups -OCH3 is 1. The van der Waals surface area contributed by atoms with Gasteiger partial charge in [0.2, 0.25) is 0 Å². The first-order valence-electron chi connectivity index (χ1n) is 4.52. The van der Waals surface area contributed by atoms with Crippen LogP contribution >= 0.6 is 0 Å². The van der Waals surface area contributed by atoms with Gasteiger partial charge in [-0.05, 0) is 18.6 Å². The molecule has 0 aliphatic heterocycles. The van der Waals surface area contributed by atoms with Crippen LogP contribution in [0.1, 0.15) is 15.9 Å². The van der Waals surface area contributed by atoms with Gasteiger partial charge in [0.25, 0.3) is 0 Å². The number of aromatic nitrogens is 3. The van der Waals surface area contributed by atoms with Gasteiger partial charge in [-0.1, -0.05) is 6.07 Å². The molecule has 0 spiro atoms. The predicted molar refractivity (Wildman–Crippen MR) is 54.6 cm³/mol. The zero-order valence-corrected chi connectivity index (χ0v) is 8.81. The molecule has 0 bridgehead atoms. The zero-order valence-electron chi connectivity index (χ0n) is 8.81. The van der Waals surface area contributed by atoms with E-state index in [0.717, 1.165) is 11.1 Å². The third kappa shape index (κ3) is 1.45. The van der Waals surface area contributed by atoms with Crippen molar-refractivity contribution in [3.8, 4) is 0 Å². The van der Waals surface area contributed by atoms with E-state index in [-0.39, 0.29) is 5.97 Å². The molecule has 5 heteroatoms. The lowest BCUT2D eigenvalue weighted by atomic mass is 10.1. The van der Waals surface area contributed by atoms with Crippen molar-refractivity contribution in [2.45, 2.75) is 6.92 Å². The Balaban J connectivity index is 2.76. The maximum atomic E-state index is 11.4. The fourth-order valence-corrected chi connectivity index (χ4v) is 1.49. The summed E-state index contributed by atoms with van der Waals surface area (Å²) >= 11 is 0. The van der Waals surface area contributed by atoms with Crippen LogP contribution in [0.2, 0.25) is 0 Å². The van der Waals surface area contributed by atoms with Crippen molar-refractivity contribution in [3.63, 3.8) is 0 Å². The van der Waals surface area contributed by atoms with E-state index in [1.807, 2.05) is 13.0 Å². The van der Waals surface area contributed by atoms with Gasteiger partial charge >= 0.3 is 5.97 Å². The van der Waals surface area contributed by atoms with Crippen LogP contribution in [0.25, 0.3) is 11.0 Å². The van der Waals surface area contributed by atoms with Gasteiger partial charge < -0.3 is 4.74 Å². The maximum Gasteiger partial charge on any atom is 0.340 e. The molecule has 2 rings (SSSR count). The van der Waals surface area contributed by atoms with E-state index in [2.05, 4.69) is 14.9 Å². The molecule has 0 saturated heterocycles. The van der Waals surface area contributed by atoms with Gasteiger partial charge in [0.05, 0.1) is 12.7 Å². The molecule has 78 valence electrons. The number of hydrogen-bond acceptors (Lipinski definition) is 4. The highest BCUT2D eigenvalue weighted by atomic mass is 16.5. The summed E-state index contributed by atoms with van der Waals surface area (Å²) in [6.45, 7) is 1.93. The molecule has 0 unspecified atom stereocenters. The topological polar surface area (TPSA) is 57.0 Å². The molecule has 0 saturated carbocycles. The summed E-state index contributed by atoms with van der Waals surface area (Å²) in [5.41, 5.74) is 2.77. The summed E-state index contributed by atoms with van der Waals surface area (Å²) in [7, 11) is 3.07. The first-order chi connectivity index (χ1) is 7.13. The number of benzene rings is 1. The van der Waals surface area contributed by atoms with E-state index in [0.29, 0.717) is 11.1 Å². The average molecular weight is 205 g/mol. The third-order valence-electron chi connectivity index (χ3n) is 2.25. The van der Waals surface area contributed by atoms with Gasteiger partial charge in [0, 0.05) is 7.05 Å². The number of carbonyl (C=O) groups excluding carboxylic acids is 1. The smallest absolute Gasteiger partial charge is 0.340 e. The Morgan fingerprint density at radius 1 is 1.33 bits per heavy atom. The summed E-state index contributed by atoms with van der Waals surface area (Å²) in [5.74, 6) is -0.388. The summed E-state index contributed by atoms with van der Waals surface area (Å²) in [6, 6.07) is 3.54. The van der Waals surface area contributed by atoms with Crippen LogP contribution in [0.4, 0.5) is 0 Å². The lowest BCUT2D eigenvalue weighted by Gasteiger charge is -2.00. The van der Waals surface area contributed by atoms with Crippen LogP contribution in [0.3, 0.4) is 0 Å². The van der Waals surface area contributed by atoms with Crippen LogP contribution in [0.15, 0.2) is 12.1 Å². The Bertz CT molecular complexity index is 531. The van der Waals surface area contributed by atoms with E-state index < -0.39 is 0 Å². The number of esters is 1. The molecule has 0 amide bonds. The number of aryl methyl sites for hydroxylation is 2.